The van der Waals surface area contributed by atoms with Crippen LogP contribution in [0.5, 0.6) is 0 Å². The molecule has 0 aliphatic carbocycles. The van der Waals surface area contributed by atoms with Crippen LogP contribution in [0.1, 0.15) is 17.5 Å². The standard InChI is InChI=1S/C13H14O/c1-2-3-11-4-6-12(7-5-11)8-9-13-10-14-13/h3-7,13H,1,8-10H2. The monoisotopic (exact) mass is 186 g/mol. The minimum absolute atomic E-state index is 0.530. The molecule has 1 fully saturated rings. The van der Waals surface area contributed by atoms with Crippen LogP contribution >= 0.6 is 0 Å². The van der Waals surface area contributed by atoms with E-state index < -0.39 is 0 Å². The highest BCUT2D eigenvalue weighted by molar-refractivity contribution is 5.48. The van der Waals surface area contributed by atoms with Gasteiger partial charge >= 0.3 is 0 Å². The lowest BCUT2D eigenvalue weighted by Gasteiger charge is -1.99. The number of benzene rings is 1. The molecule has 1 heterocycles. The molecule has 1 nitrogen and oxygen atoms in total. The molecule has 1 aliphatic heterocycles. The molecule has 72 valence electrons. The summed E-state index contributed by atoms with van der Waals surface area (Å²) < 4.78 is 5.17. The first kappa shape index (κ1) is 9.26. The van der Waals surface area contributed by atoms with Crippen molar-refractivity contribution in [3.8, 4) is 0 Å². The Balaban J connectivity index is 1.94. The second-order valence-electron chi connectivity index (χ2n) is 3.58. The van der Waals surface area contributed by atoms with Crippen LogP contribution < -0.4 is 0 Å². The van der Waals surface area contributed by atoms with Crippen molar-refractivity contribution in [1.82, 2.24) is 0 Å². The predicted octanol–water partition coefficient (Wildman–Crippen LogP) is 2.82. The second kappa shape index (κ2) is 4.28. The zero-order valence-electron chi connectivity index (χ0n) is 8.20. The van der Waals surface area contributed by atoms with Gasteiger partial charge in [-0.25, -0.2) is 0 Å². The lowest BCUT2D eigenvalue weighted by atomic mass is 10.1. The van der Waals surface area contributed by atoms with Gasteiger partial charge in [-0.3, -0.25) is 0 Å². The van der Waals surface area contributed by atoms with E-state index in [0.29, 0.717) is 6.10 Å². The summed E-state index contributed by atoms with van der Waals surface area (Å²) >= 11 is 0. The number of hydrogen-bond acceptors (Lipinski definition) is 1. The summed E-state index contributed by atoms with van der Waals surface area (Å²) in [6, 6.07) is 8.51. The van der Waals surface area contributed by atoms with E-state index in [0.717, 1.165) is 25.0 Å². The molecule has 1 aliphatic rings. The van der Waals surface area contributed by atoms with Crippen molar-refractivity contribution in [2.45, 2.75) is 18.9 Å². The van der Waals surface area contributed by atoms with Crippen molar-refractivity contribution in [3.63, 3.8) is 0 Å². The maximum Gasteiger partial charge on any atom is 0.0813 e. The van der Waals surface area contributed by atoms with Gasteiger partial charge in [-0.1, -0.05) is 30.8 Å². The number of aryl methyl sites for hydroxylation is 1. The van der Waals surface area contributed by atoms with Crippen LogP contribution in [0.3, 0.4) is 0 Å². The number of rotatable bonds is 4. The van der Waals surface area contributed by atoms with Crippen molar-refractivity contribution in [2.75, 3.05) is 6.61 Å². The molecule has 1 aromatic rings. The third-order valence-electron chi connectivity index (χ3n) is 2.41. The van der Waals surface area contributed by atoms with Gasteiger partial charge in [0.2, 0.25) is 0 Å². The van der Waals surface area contributed by atoms with Crippen LogP contribution in [0.15, 0.2) is 36.6 Å². The van der Waals surface area contributed by atoms with Gasteiger partial charge in [-0.05, 0) is 30.0 Å². The number of epoxide rings is 1. The summed E-state index contributed by atoms with van der Waals surface area (Å²) in [5.74, 6) is 0. The molecular formula is C13H14O. The Morgan fingerprint density at radius 1 is 1.43 bits per heavy atom. The highest BCUT2D eigenvalue weighted by Gasteiger charge is 2.21. The fraction of sp³-hybridized carbons (Fsp3) is 0.308. The van der Waals surface area contributed by atoms with E-state index in [1.807, 2.05) is 6.08 Å². The topological polar surface area (TPSA) is 12.5 Å². The summed E-state index contributed by atoms with van der Waals surface area (Å²) in [4.78, 5) is 0. The quantitative estimate of drug-likeness (QED) is 0.520. The van der Waals surface area contributed by atoms with Crippen molar-refractivity contribution in [3.05, 3.63) is 47.7 Å². The largest absolute Gasteiger partial charge is 0.373 e. The molecule has 1 unspecified atom stereocenters. The molecule has 1 saturated heterocycles. The Morgan fingerprint density at radius 2 is 2.14 bits per heavy atom. The van der Waals surface area contributed by atoms with Crippen molar-refractivity contribution < 1.29 is 4.74 Å². The third-order valence-corrected chi connectivity index (χ3v) is 2.41. The summed E-state index contributed by atoms with van der Waals surface area (Å²) in [7, 11) is 0. The number of ether oxygens (including phenoxy) is 1. The van der Waals surface area contributed by atoms with E-state index in [1.54, 1.807) is 0 Å². The summed E-state index contributed by atoms with van der Waals surface area (Å²) in [6.07, 6.45) is 4.68. The maximum atomic E-state index is 5.17. The molecule has 14 heavy (non-hydrogen) atoms. The van der Waals surface area contributed by atoms with Crippen molar-refractivity contribution in [1.29, 1.82) is 0 Å². The van der Waals surface area contributed by atoms with Crippen LogP contribution in [0.25, 0.3) is 6.08 Å². The van der Waals surface area contributed by atoms with E-state index in [9.17, 15) is 0 Å². The molecule has 0 N–H and O–H groups in total. The summed E-state index contributed by atoms with van der Waals surface area (Å²) in [6.45, 7) is 4.50. The first-order valence-corrected chi connectivity index (χ1v) is 4.95. The average molecular weight is 186 g/mol. The summed E-state index contributed by atoms with van der Waals surface area (Å²) in [5, 5.41) is 0. The molecule has 0 spiro atoms. The predicted molar refractivity (Wildman–Crippen MR) is 58.1 cm³/mol. The zero-order chi connectivity index (χ0) is 9.80. The molecule has 0 bridgehead atoms. The Hall–Kier alpha value is -1.30. The fourth-order valence-electron chi connectivity index (χ4n) is 1.46. The lowest BCUT2D eigenvalue weighted by molar-refractivity contribution is 0.397. The fourth-order valence-corrected chi connectivity index (χ4v) is 1.46. The van der Waals surface area contributed by atoms with Gasteiger partial charge < -0.3 is 4.74 Å². The molecule has 1 atom stereocenters. The molecule has 0 aromatic heterocycles. The van der Waals surface area contributed by atoms with Crippen molar-refractivity contribution >= 4 is 6.08 Å². The Bertz CT molecular complexity index is 340. The minimum Gasteiger partial charge on any atom is -0.373 e. The Morgan fingerprint density at radius 3 is 2.71 bits per heavy atom. The smallest absolute Gasteiger partial charge is 0.0813 e. The Kier molecular flexibility index (Phi) is 2.83. The van der Waals surface area contributed by atoms with Gasteiger partial charge in [0.15, 0.2) is 0 Å². The van der Waals surface area contributed by atoms with Gasteiger partial charge in [-0.15, -0.1) is 5.73 Å². The maximum absolute atomic E-state index is 5.17. The van der Waals surface area contributed by atoms with Gasteiger partial charge in [0, 0.05) is 0 Å². The molecule has 0 saturated carbocycles. The van der Waals surface area contributed by atoms with Crippen LogP contribution in [0.2, 0.25) is 0 Å². The van der Waals surface area contributed by atoms with E-state index in [1.165, 1.54) is 5.56 Å². The SMILES string of the molecule is C=C=Cc1ccc(CCC2CO2)cc1. The third kappa shape index (κ3) is 2.59. The first-order valence-electron chi connectivity index (χ1n) is 4.95. The van der Waals surface area contributed by atoms with Crippen LogP contribution in [0.4, 0.5) is 0 Å². The molecular weight excluding hydrogens is 172 g/mol. The highest BCUT2D eigenvalue weighted by Crippen LogP contribution is 2.17. The van der Waals surface area contributed by atoms with Gasteiger partial charge in [0.25, 0.3) is 0 Å². The molecule has 2 rings (SSSR count). The molecule has 0 amide bonds. The van der Waals surface area contributed by atoms with Crippen LogP contribution in [-0.4, -0.2) is 12.7 Å². The van der Waals surface area contributed by atoms with E-state index in [2.05, 4.69) is 36.6 Å². The normalized spacial score (nSPS) is 18.7. The Labute approximate surface area is 84.7 Å². The van der Waals surface area contributed by atoms with Gasteiger partial charge in [-0.2, -0.15) is 0 Å². The van der Waals surface area contributed by atoms with Crippen LogP contribution in [0, 0.1) is 0 Å². The van der Waals surface area contributed by atoms with Gasteiger partial charge in [0.1, 0.15) is 0 Å². The highest BCUT2D eigenvalue weighted by atomic mass is 16.6. The van der Waals surface area contributed by atoms with Gasteiger partial charge in [0.05, 0.1) is 12.7 Å². The average Bonchev–Trinajstić information content (AvgIpc) is 3.01. The number of hydrogen-bond donors (Lipinski definition) is 0. The minimum atomic E-state index is 0.530. The van der Waals surface area contributed by atoms with E-state index in [-0.39, 0.29) is 0 Å². The zero-order valence-corrected chi connectivity index (χ0v) is 8.20. The lowest BCUT2D eigenvalue weighted by Crippen LogP contribution is -1.90. The molecule has 1 aromatic carbocycles. The summed E-state index contributed by atoms with van der Waals surface area (Å²) in [5.41, 5.74) is 5.30. The molecule has 0 radical (unpaired) electrons. The first-order chi connectivity index (χ1) is 6.88. The molecule has 1 heteroatoms. The van der Waals surface area contributed by atoms with E-state index >= 15 is 0 Å². The van der Waals surface area contributed by atoms with Crippen molar-refractivity contribution in [2.24, 2.45) is 0 Å². The van der Waals surface area contributed by atoms with Crippen LogP contribution in [-0.2, 0) is 11.2 Å². The van der Waals surface area contributed by atoms with E-state index in [4.69, 9.17) is 4.74 Å². The second-order valence-corrected chi connectivity index (χ2v) is 3.58.